The summed E-state index contributed by atoms with van der Waals surface area (Å²) in [6, 6.07) is 8.71. The van der Waals surface area contributed by atoms with E-state index in [1.165, 1.54) is 4.90 Å². The maximum Gasteiger partial charge on any atom is 0.242 e. The molecule has 0 N–H and O–H groups in total. The van der Waals surface area contributed by atoms with Crippen molar-refractivity contribution in [1.82, 2.24) is 9.88 Å². The second kappa shape index (κ2) is 6.85. The first kappa shape index (κ1) is 16.8. The number of benzene rings is 1. The van der Waals surface area contributed by atoms with Gasteiger partial charge in [0.1, 0.15) is 23.5 Å². The average molecular weight is 342 g/mol. The topological polar surface area (TPSA) is 60.2 Å². The van der Waals surface area contributed by atoms with Crippen molar-refractivity contribution in [1.29, 1.82) is 5.26 Å². The number of nitrogens with zero attached hydrogens (tertiary/aromatic N) is 4. The molecule has 0 atom stereocenters. The second-order valence-electron chi connectivity index (χ2n) is 5.91. The van der Waals surface area contributed by atoms with Gasteiger partial charge in [-0.2, -0.15) is 5.26 Å². The van der Waals surface area contributed by atoms with Crippen molar-refractivity contribution in [3.05, 3.63) is 58.8 Å². The smallest absolute Gasteiger partial charge is 0.242 e. The fraction of sp³-hybridized carbons (Fsp3) is 0.278. The van der Waals surface area contributed by atoms with Crippen LogP contribution in [-0.2, 0) is 11.3 Å². The molecule has 1 aliphatic rings. The van der Waals surface area contributed by atoms with Crippen LogP contribution in [0.25, 0.3) is 0 Å². The van der Waals surface area contributed by atoms with Gasteiger partial charge in [0.05, 0.1) is 12.1 Å². The zero-order valence-corrected chi connectivity index (χ0v) is 13.7. The predicted octanol–water partition coefficient (Wildman–Crippen LogP) is 2.39. The summed E-state index contributed by atoms with van der Waals surface area (Å²) in [5.74, 6) is -0.816. The summed E-state index contributed by atoms with van der Waals surface area (Å²) in [4.78, 5) is 20.0. The van der Waals surface area contributed by atoms with Crippen molar-refractivity contribution in [3.63, 3.8) is 0 Å². The molecule has 0 saturated carbocycles. The normalized spacial score (nSPS) is 14.6. The molecule has 7 heteroatoms. The molecule has 0 aliphatic carbocycles. The Bertz CT molecular complexity index is 863. The van der Waals surface area contributed by atoms with E-state index < -0.39 is 11.6 Å². The van der Waals surface area contributed by atoms with Crippen molar-refractivity contribution in [2.24, 2.45) is 0 Å². The summed E-state index contributed by atoms with van der Waals surface area (Å²) in [5, 5.41) is 9.22. The Morgan fingerprint density at radius 3 is 2.76 bits per heavy atom. The number of halogens is 2. The third-order valence-corrected chi connectivity index (χ3v) is 4.12. The SMILES string of the molecule is Cc1ccc(C#N)c(N2CCN(Cc3cc(F)ccc3F)C(=O)C2)n1. The minimum atomic E-state index is -0.538. The maximum atomic E-state index is 13.8. The first-order chi connectivity index (χ1) is 12.0. The minimum absolute atomic E-state index is 0.0165. The zero-order chi connectivity index (χ0) is 18.0. The van der Waals surface area contributed by atoms with E-state index in [0.717, 1.165) is 23.9 Å². The van der Waals surface area contributed by atoms with E-state index in [0.29, 0.717) is 24.5 Å². The van der Waals surface area contributed by atoms with Crippen molar-refractivity contribution >= 4 is 11.7 Å². The molecule has 2 aromatic rings. The number of rotatable bonds is 3. The highest BCUT2D eigenvalue weighted by Gasteiger charge is 2.27. The van der Waals surface area contributed by atoms with E-state index in [4.69, 9.17) is 0 Å². The van der Waals surface area contributed by atoms with E-state index in [9.17, 15) is 18.8 Å². The summed E-state index contributed by atoms with van der Waals surface area (Å²) in [6.45, 7) is 2.68. The predicted molar refractivity (Wildman–Crippen MR) is 87.7 cm³/mol. The lowest BCUT2D eigenvalue weighted by Gasteiger charge is -2.35. The fourth-order valence-corrected chi connectivity index (χ4v) is 2.80. The van der Waals surface area contributed by atoms with E-state index in [1.54, 1.807) is 17.0 Å². The number of amides is 1. The molecule has 0 unspecified atom stereocenters. The van der Waals surface area contributed by atoms with E-state index >= 15 is 0 Å². The molecule has 1 saturated heterocycles. The van der Waals surface area contributed by atoms with Crippen molar-refractivity contribution in [3.8, 4) is 6.07 Å². The van der Waals surface area contributed by atoms with Gasteiger partial charge >= 0.3 is 0 Å². The molecule has 1 amide bonds. The molecule has 1 aliphatic heterocycles. The second-order valence-corrected chi connectivity index (χ2v) is 5.91. The van der Waals surface area contributed by atoms with Gasteiger partial charge in [-0.25, -0.2) is 13.8 Å². The van der Waals surface area contributed by atoms with Crippen LogP contribution in [0.1, 0.15) is 16.8 Å². The third-order valence-electron chi connectivity index (χ3n) is 4.12. The van der Waals surface area contributed by atoms with Gasteiger partial charge in [-0.1, -0.05) is 0 Å². The first-order valence-corrected chi connectivity index (χ1v) is 7.82. The van der Waals surface area contributed by atoms with Crippen LogP contribution >= 0.6 is 0 Å². The Hall–Kier alpha value is -3.01. The Kier molecular flexibility index (Phi) is 4.61. The van der Waals surface area contributed by atoms with Crippen molar-refractivity contribution < 1.29 is 13.6 Å². The van der Waals surface area contributed by atoms with E-state index in [2.05, 4.69) is 11.1 Å². The molecule has 5 nitrogen and oxygen atoms in total. The minimum Gasteiger partial charge on any atom is -0.344 e. The van der Waals surface area contributed by atoms with Crippen LogP contribution in [0.5, 0.6) is 0 Å². The molecule has 1 aromatic heterocycles. The maximum absolute atomic E-state index is 13.8. The summed E-state index contributed by atoms with van der Waals surface area (Å²) in [7, 11) is 0. The number of hydrogen-bond acceptors (Lipinski definition) is 4. The van der Waals surface area contributed by atoms with Crippen molar-refractivity contribution in [2.75, 3.05) is 24.5 Å². The lowest BCUT2D eigenvalue weighted by atomic mass is 10.1. The largest absolute Gasteiger partial charge is 0.344 e. The van der Waals surface area contributed by atoms with Gasteiger partial charge < -0.3 is 9.80 Å². The van der Waals surface area contributed by atoms with Crippen molar-refractivity contribution in [2.45, 2.75) is 13.5 Å². The first-order valence-electron chi connectivity index (χ1n) is 7.82. The third kappa shape index (κ3) is 3.58. The molecule has 0 spiro atoms. The summed E-state index contributed by atoms with van der Waals surface area (Å²) in [6.07, 6.45) is 0. The summed E-state index contributed by atoms with van der Waals surface area (Å²) < 4.78 is 27.1. The fourth-order valence-electron chi connectivity index (χ4n) is 2.80. The number of aryl methyl sites for hydroxylation is 1. The number of aromatic nitrogens is 1. The van der Waals surface area contributed by atoms with Crippen LogP contribution in [-0.4, -0.2) is 35.4 Å². The molecule has 0 radical (unpaired) electrons. The number of nitriles is 1. The Morgan fingerprint density at radius 1 is 1.24 bits per heavy atom. The van der Waals surface area contributed by atoms with E-state index in [-0.39, 0.29) is 24.6 Å². The summed E-state index contributed by atoms with van der Waals surface area (Å²) in [5.41, 5.74) is 1.31. The Labute approximate surface area is 144 Å². The Morgan fingerprint density at radius 2 is 2.04 bits per heavy atom. The van der Waals surface area contributed by atoms with Gasteiger partial charge in [-0.05, 0) is 37.3 Å². The monoisotopic (exact) mass is 342 g/mol. The number of hydrogen-bond donors (Lipinski definition) is 0. The number of carbonyl (C=O) groups excluding carboxylic acids is 1. The molecule has 2 heterocycles. The number of pyridine rings is 1. The van der Waals surface area contributed by atoms with Gasteiger partial charge in [0, 0.05) is 30.9 Å². The van der Waals surface area contributed by atoms with Crippen LogP contribution in [0.3, 0.4) is 0 Å². The molecule has 1 fully saturated rings. The van der Waals surface area contributed by atoms with Crippen LogP contribution in [0.15, 0.2) is 30.3 Å². The van der Waals surface area contributed by atoms with Gasteiger partial charge in [0.25, 0.3) is 0 Å². The van der Waals surface area contributed by atoms with Gasteiger partial charge in [0.15, 0.2) is 0 Å². The molecule has 128 valence electrons. The molecular weight excluding hydrogens is 326 g/mol. The standard InChI is InChI=1S/C18H16F2N4O/c1-12-2-3-13(9-21)18(22-12)24-7-6-23(17(25)11-24)10-14-8-15(19)4-5-16(14)20/h2-5,8H,6-7,10-11H2,1H3. The average Bonchev–Trinajstić information content (AvgIpc) is 2.59. The number of anilines is 1. The van der Waals surface area contributed by atoms with Gasteiger partial charge in [0.2, 0.25) is 5.91 Å². The zero-order valence-electron chi connectivity index (χ0n) is 13.7. The quantitative estimate of drug-likeness (QED) is 0.859. The number of carbonyl (C=O) groups is 1. The molecule has 0 bridgehead atoms. The van der Waals surface area contributed by atoms with Gasteiger partial charge in [-0.15, -0.1) is 0 Å². The van der Waals surface area contributed by atoms with Crippen LogP contribution in [0.2, 0.25) is 0 Å². The van der Waals surface area contributed by atoms with Gasteiger partial charge in [-0.3, -0.25) is 4.79 Å². The lowest BCUT2D eigenvalue weighted by molar-refractivity contribution is -0.131. The highest BCUT2D eigenvalue weighted by Crippen LogP contribution is 2.21. The van der Waals surface area contributed by atoms with Crippen LogP contribution in [0, 0.1) is 29.9 Å². The molecular formula is C18H16F2N4O. The molecule has 1 aromatic carbocycles. The highest BCUT2D eigenvalue weighted by molar-refractivity contribution is 5.83. The molecule has 3 rings (SSSR count). The molecule has 25 heavy (non-hydrogen) atoms. The van der Waals surface area contributed by atoms with Crippen LogP contribution in [0.4, 0.5) is 14.6 Å². The summed E-state index contributed by atoms with van der Waals surface area (Å²) >= 11 is 0. The Balaban J connectivity index is 1.75. The number of piperazine rings is 1. The van der Waals surface area contributed by atoms with Crippen LogP contribution < -0.4 is 4.90 Å². The lowest BCUT2D eigenvalue weighted by Crippen LogP contribution is -2.50. The van der Waals surface area contributed by atoms with E-state index in [1.807, 2.05) is 6.92 Å². The highest BCUT2D eigenvalue weighted by atomic mass is 19.1.